The van der Waals surface area contributed by atoms with Gasteiger partial charge in [-0.3, -0.25) is 10.1 Å². The quantitative estimate of drug-likeness (QED) is 0.131. The molecule has 1 aliphatic carbocycles. The third-order valence-corrected chi connectivity index (χ3v) is 8.21. The van der Waals surface area contributed by atoms with Gasteiger partial charge in [0.05, 0.1) is 18.7 Å². The molecule has 11 heteroatoms. The van der Waals surface area contributed by atoms with E-state index in [0.717, 1.165) is 24.0 Å². The summed E-state index contributed by atoms with van der Waals surface area (Å²) < 4.78 is 36.4. The molecule has 6 rings (SSSR count). The molecule has 2 heterocycles. The lowest BCUT2D eigenvalue weighted by molar-refractivity contribution is -0.402. The van der Waals surface area contributed by atoms with Crippen molar-refractivity contribution >= 4 is 19.5 Å². The number of amidine groups is 1. The van der Waals surface area contributed by atoms with Crippen molar-refractivity contribution in [3.63, 3.8) is 0 Å². The summed E-state index contributed by atoms with van der Waals surface area (Å²) in [6.07, 6.45) is 2.20. The number of phenolic OH excluding ortho intramolecular Hbond substituents is 1. The predicted molar refractivity (Wildman–Crippen MR) is 147 cm³/mol. The summed E-state index contributed by atoms with van der Waals surface area (Å²) >= 11 is 0. The van der Waals surface area contributed by atoms with E-state index < -0.39 is 12.7 Å². The maximum Gasteiger partial charge on any atom is 0.564 e. The molecule has 4 aromatic rings. The molecule has 0 bridgehead atoms. The van der Waals surface area contributed by atoms with Crippen molar-refractivity contribution in [1.82, 2.24) is 4.90 Å². The van der Waals surface area contributed by atoms with Gasteiger partial charge in [-0.05, 0) is 72.4 Å². The second-order valence-electron chi connectivity index (χ2n) is 9.76. The largest absolute Gasteiger partial charge is 0.564 e. The summed E-state index contributed by atoms with van der Waals surface area (Å²) in [7, 11) is -4.18. The average Bonchev–Trinajstić information content (AvgIpc) is 3.66. The first kappa shape index (κ1) is 25.7. The van der Waals surface area contributed by atoms with Crippen LogP contribution in [0.15, 0.2) is 100 Å². The first-order chi connectivity index (χ1) is 19.4. The number of fused-ring (bicyclic) bond motifs is 1. The maximum absolute atomic E-state index is 14.4. The fourth-order valence-electron chi connectivity index (χ4n) is 4.97. The summed E-state index contributed by atoms with van der Waals surface area (Å²) in [5.41, 5.74) is 1.87. The van der Waals surface area contributed by atoms with Crippen LogP contribution in [-0.4, -0.2) is 20.8 Å². The first-order valence-electron chi connectivity index (χ1n) is 12.9. The highest BCUT2D eigenvalue weighted by Gasteiger charge is 2.43. The van der Waals surface area contributed by atoms with Crippen molar-refractivity contribution < 1.29 is 28.1 Å². The van der Waals surface area contributed by atoms with Crippen LogP contribution >= 0.6 is 7.75 Å². The summed E-state index contributed by atoms with van der Waals surface area (Å²) in [6, 6.07) is 25.2. The molecule has 40 heavy (non-hydrogen) atoms. The van der Waals surface area contributed by atoms with Crippen molar-refractivity contribution in [3.8, 4) is 17.2 Å². The van der Waals surface area contributed by atoms with Gasteiger partial charge in [0.25, 0.3) is 0 Å². The minimum Gasteiger partial charge on any atom is -0.508 e. The number of benzene rings is 3. The lowest BCUT2D eigenvalue weighted by Gasteiger charge is -2.40. The second kappa shape index (κ2) is 10.5. The summed E-state index contributed by atoms with van der Waals surface area (Å²) in [5, 5.41) is 21.6. The number of hydrogen-bond acceptors (Lipinski definition) is 7. The van der Waals surface area contributed by atoms with E-state index in [4.69, 9.17) is 13.5 Å². The van der Waals surface area contributed by atoms with Crippen LogP contribution in [0.3, 0.4) is 0 Å². The van der Waals surface area contributed by atoms with Crippen LogP contribution in [0.1, 0.15) is 35.8 Å². The molecule has 0 saturated heterocycles. The maximum atomic E-state index is 14.4. The van der Waals surface area contributed by atoms with Crippen molar-refractivity contribution in [3.05, 3.63) is 118 Å². The summed E-state index contributed by atoms with van der Waals surface area (Å²) in [5.74, 6) is 1.49. The smallest absolute Gasteiger partial charge is 0.508 e. The Hall–Kier alpha value is -4.56. The molecule has 1 unspecified atom stereocenters. The normalized spacial score (nSPS) is 17.9. The number of rotatable bonds is 9. The Labute approximate surface area is 230 Å². The first-order valence-corrected chi connectivity index (χ1v) is 14.4. The van der Waals surface area contributed by atoms with Crippen molar-refractivity contribution in [2.45, 2.75) is 31.8 Å². The van der Waals surface area contributed by atoms with E-state index in [0.29, 0.717) is 23.1 Å². The topological polar surface area (TPSA) is 128 Å². The summed E-state index contributed by atoms with van der Waals surface area (Å²) in [4.78, 5) is 12.6. The highest BCUT2D eigenvalue weighted by atomic mass is 31.2. The number of nitro groups is 1. The van der Waals surface area contributed by atoms with Gasteiger partial charge in [-0.1, -0.05) is 42.5 Å². The fraction of sp³-hybridized carbons (Fsp3) is 0.207. The highest BCUT2D eigenvalue weighted by molar-refractivity contribution is 7.53. The molecule has 204 valence electrons. The molecule has 0 radical (unpaired) electrons. The zero-order valence-corrected chi connectivity index (χ0v) is 22.2. The Balaban J connectivity index is 1.46. The van der Waals surface area contributed by atoms with Crippen LogP contribution in [0.4, 0.5) is 5.88 Å². The molecule has 1 aliphatic heterocycles. The van der Waals surface area contributed by atoms with Gasteiger partial charge < -0.3 is 23.5 Å². The number of hydrogen-bond donors (Lipinski definition) is 1. The predicted octanol–water partition coefficient (Wildman–Crippen LogP) is 7.07. The Kier molecular flexibility index (Phi) is 6.77. The van der Waals surface area contributed by atoms with Gasteiger partial charge in [-0.2, -0.15) is 0 Å². The standard InChI is InChI=1S/C29H26N3O7P/c33-22-14-13-21-17-27(30-40(36,38-23-7-3-1-4-8-23)39-24-9-5-2-6-10-24)31(29(20-11-12-20)26(21)18-22)19-25-15-16-28(37-25)32(34)35/h1-10,13-16,18,20,29,33H,11-12,17,19H2/b30-27-. The zero-order valence-electron chi connectivity index (χ0n) is 21.3. The van der Waals surface area contributed by atoms with E-state index in [9.17, 15) is 19.8 Å². The lowest BCUT2D eigenvalue weighted by Crippen LogP contribution is -2.41. The van der Waals surface area contributed by atoms with Gasteiger partial charge in [-0.15, -0.1) is 4.76 Å². The van der Waals surface area contributed by atoms with Crippen LogP contribution in [0.25, 0.3) is 0 Å². The molecule has 1 N–H and O–H groups in total. The van der Waals surface area contributed by atoms with Gasteiger partial charge in [0.2, 0.25) is 0 Å². The second-order valence-corrected chi connectivity index (χ2v) is 11.3. The Bertz CT molecular complexity index is 1560. The van der Waals surface area contributed by atoms with E-state index >= 15 is 0 Å². The number of furan rings is 1. The van der Waals surface area contributed by atoms with Crippen molar-refractivity contribution in [1.29, 1.82) is 0 Å². The van der Waals surface area contributed by atoms with Gasteiger partial charge >= 0.3 is 13.6 Å². The number of aromatic hydroxyl groups is 1. The van der Waals surface area contributed by atoms with E-state index in [1.807, 2.05) is 23.1 Å². The molecule has 3 aromatic carbocycles. The molecule has 2 aliphatic rings. The monoisotopic (exact) mass is 559 g/mol. The molecule has 1 fully saturated rings. The Morgan fingerprint density at radius 3 is 2.20 bits per heavy atom. The van der Waals surface area contributed by atoms with Crippen molar-refractivity contribution in [2.75, 3.05) is 0 Å². The molecular weight excluding hydrogens is 533 g/mol. The molecule has 1 atom stereocenters. The lowest BCUT2D eigenvalue weighted by atomic mass is 9.88. The minimum absolute atomic E-state index is 0.139. The SMILES string of the molecule is O=[N+]([O-])c1ccc(CN2/C(=N\P(=O)(Oc3ccccc3)Oc3ccccc3)Cc3ccc(O)cc3C2C2CC2)o1. The van der Waals surface area contributed by atoms with Crippen LogP contribution in [0, 0.1) is 16.0 Å². The van der Waals surface area contributed by atoms with Crippen molar-refractivity contribution in [2.24, 2.45) is 10.7 Å². The highest BCUT2D eigenvalue weighted by Crippen LogP contribution is 2.53. The van der Waals surface area contributed by atoms with E-state index in [-0.39, 0.29) is 36.6 Å². The van der Waals surface area contributed by atoms with Crippen LogP contribution in [0.5, 0.6) is 17.2 Å². The van der Waals surface area contributed by atoms with Gasteiger partial charge in [0.1, 0.15) is 33.8 Å². The number of nitrogens with zero attached hydrogens (tertiary/aromatic N) is 3. The van der Waals surface area contributed by atoms with Crippen LogP contribution in [-0.2, 0) is 17.5 Å². The van der Waals surface area contributed by atoms with E-state index in [1.165, 1.54) is 6.07 Å². The minimum atomic E-state index is -4.18. The van der Waals surface area contributed by atoms with Gasteiger partial charge in [0.15, 0.2) is 0 Å². The Morgan fingerprint density at radius 1 is 0.975 bits per heavy atom. The van der Waals surface area contributed by atoms with Crippen LogP contribution in [0.2, 0.25) is 0 Å². The average molecular weight is 560 g/mol. The molecule has 0 amide bonds. The Morgan fingerprint density at radius 2 is 1.62 bits per heavy atom. The molecule has 1 saturated carbocycles. The van der Waals surface area contributed by atoms with Crippen LogP contribution < -0.4 is 9.05 Å². The molecule has 10 nitrogen and oxygen atoms in total. The molecule has 1 aromatic heterocycles. The third kappa shape index (κ3) is 5.58. The number of phenols is 1. The third-order valence-electron chi connectivity index (χ3n) is 6.85. The van der Waals surface area contributed by atoms with Gasteiger partial charge in [-0.25, -0.2) is 4.57 Å². The van der Waals surface area contributed by atoms with Gasteiger partial charge in [0, 0.05) is 6.42 Å². The number of para-hydroxylation sites is 2. The van der Waals surface area contributed by atoms with E-state index in [1.54, 1.807) is 66.7 Å². The van der Waals surface area contributed by atoms with E-state index in [2.05, 4.69) is 4.76 Å². The summed E-state index contributed by atoms with van der Waals surface area (Å²) in [6.45, 7) is 0.139. The molecular formula is C29H26N3O7P. The zero-order chi connectivity index (χ0) is 27.7. The molecule has 0 spiro atoms. The fourth-order valence-corrected chi connectivity index (χ4v) is 6.33.